The van der Waals surface area contributed by atoms with Crippen molar-refractivity contribution in [1.82, 2.24) is 0 Å². The smallest absolute Gasteiger partial charge is 0.251 e. The lowest BCUT2D eigenvalue weighted by Crippen LogP contribution is -2.29. The van der Waals surface area contributed by atoms with Crippen molar-refractivity contribution in [1.29, 1.82) is 0 Å². The number of nitrogens with one attached hydrogen (secondary N) is 1. The van der Waals surface area contributed by atoms with E-state index in [4.69, 9.17) is 5.73 Å². The first kappa shape index (κ1) is 16.0. The largest absolute Gasteiger partial charge is 0.365 e. The Bertz CT molecular complexity index is 575. The highest BCUT2D eigenvalue weighted by atomic mass is 32.1. The molecular formula is C16H24N2O2S. The fraction of sp³-hybridized carbons (Fsp3) is 0.625. The van der Waals surface area contributed by atoms with Gasteiger partial charge in [0.1, 0.15) is 5.00 Å². The lowest BCUT2D eigenvalue weighted by molar-refractivity contribution is -0.114. The van der Waals surface area contributed by atoms with Crippen LogP contribution in [0.2, 0.25) is 0 Å². The number of fused-ring (bicyclic) bond motifs is 1. The SMILES string of the molecule is CCC(C)(C)[C@H]1CCc2c(sc(NC(C)=O)c2C(N)=O)C1. The van der Waals surface area contributed by atoms with Crippen LogP contribution in [0.3, 0.4) is 0 Å². The molecule has 0 spiro atoms. The summed E-state index contributed by atoms with van der Waals surface area (Å²) in [6.07, 6.45) is 4.06. The van der Waals surface area contributed by atoms with Gasteiger partial charge in [0.25, 0.3) is 5.91 Å². The van der Waals surface area contributed by atoms with Gasteiger partial charge in [0, 0.05) is 11.8 Å². The third kappa shape index (κ3) is 3.12. The third-order valence-corrected chi connectivity index (χ3v) is 5.99. The maximum absolute atomic E-state index is 11.7. The Morgan fingerprint density at radius 2 is 2.10 bits per heavy atom. The molecule has 1 aliphatic carbocycles. The van der Waals surface area contributed by atoms with Crippen LogP contribution < -0.4 is 11.1 Å². The summed E-state index contributed by atoms with van der Waals surface area (Å²) in [4.78, 5) is 24.3. The fourth-order valence-electron chi connectivity index (χ4n) is 3.05. The number of amides is 2. The number of anilines is 1. The van der Waals surface area contributed by atoms with Crippen LogP contribution in [0.5, 0.6) is 0 Å². The summed E-state index contributed by atoms with van der Waals surface area (Å²) in [7, 11) is 0. The van der Waals surface area contributed by atoms with Gasteiger partial charge in [-0.2, -0.15) is 0 Å². The Balaban J connectivity index is 2.37. The summed E-state index contributed by atoms with van der Waals surface area (Å²) in [5.74, 6) is 0.00513. The van der Waals surface area contributed by atoms with E-state index in [0.717, 1.165) is 31.2 Å². The molecule has 0 unspecified atom stereocenters. The minimum absolute atomic E-state index is 0.165. The monoisotopic (exact) mass is 308 g/mol. The van der Waals surface area contributed by atoms with Gasteiger partial charge in [0.05, 0.1) is 5.56 Å². The molecule has 0 aliphatic heterocycles. The van der Waals surface area contributed by atoms with Crippen LogP contribution in [0.1, 0.15) is 61.3 Å². The predicted octanol–water partition coefficient (Wildman–Crippen LogP) is 3.35. The molecule has 0 fully saturated rings. The minimum Gasteiger partial charge on any atom is -0.365 e. The molecule has 0 bridgehead atoms. The Hall–Kier alpha value is -1.36. The molecule has 21 heavy (non-hydrogen) atoms. The van der Waals surface area contributed by atoms with Crippen LogP contribution in [0, 0.1) is 11.3 Å². The van der Waals surface area contributed by atoms with Crippen molar-refractivity contribution in [3.05, 3.63) is 16.0 Å². The maximum atomic E-state index is 11.7. The van der Waals surface area contributed by atoms with Crippen LogP contribution in [-0.2, 0) is 17.6 Å². The summed E-state index contributed by atoms with van der Waals surface area (Å²) in [5.41, 5.74) is 7.40. The number of carbonyl (C=O) groups excluding carboxylic acids is 2. The maximum Gasteiger partial charge on any atom is 0.251 e. The van der Waals surface area contributed by atoms with Gasteiger partial charge < -0.3 is 11.1 Å². The number of carbonyl (C=O) groups is 2. The zero-order valence-electron chi connectivity index (χ0n) is 13.2. The van der Waals surface area contributed by atoms with Gasteiger partial charge in [-0.1, -0.05) is 27.2 Å². The van der Waals surface area contributed by atoms with E-state index in [1.165, 1.54) is 23.1 Å². The normalized spacial score (nSPS) is 18.2. The first-order valence-corrected chi connectivity index (χ1v) is 8.29. The van der Waals surface area contributed by atoms with Gasteiger partial charge >= 0.3 is 0 Å². The molecule has 116 valence electrons. The molecule has 1 heterocycles. The van der Waals surface area contributed by atoms with Gasteiger partial charge in [-0.25, -0.2) is 0 Å². The van der Waals surface area contributed by atoms with E-state index in [9.17, 15) is 9.59 Å². The molecular weight excluding hydrogens is 284 g/mol. The van der Waals surface area contributed by atoms with Gasteiger partial charge in [-0.05, 0) is 36.2 Å². The predicted molar refractivity (Wildman–Crippen MR) is 86.7 cm³/mol. The lowest BCUT2D eigenvalue weighted by atomic mass is 9.69. The Kier molecular flexibility index (Phi) is 4.42. The van der Waals surface area contributed by atoms with Gasteiger partial charge in [0.2, 0.25) is 5.91 Å². The molecule has 0 saturated carbocycles. The van der Waals surface area contributed by atoms with Gasteiger partial charge in [0.15, 0.2) is 0 Å². The minimum atomic E-state index is -0.440. The average molecular weight is 308 g/mol. The van der Waals surface area contributed by atoms with Crippen LogP contribution >= 0.6 is 11.3 Å². The van der Waals surface area contributed by atoms with Crippen LogP contribution in [-0.4, -0.2) is 11.8 Å². The van der Waals surface area contributed by atoms with Crippen molar-refractivity contribution >= 4 is 28.2 Å². The summed E-state index contributed by atoms with van der Waals surface area (Å²) in [6.45, 7) is 8.29. The van der Waals surface area contributed by atoms with Crippen LogP contribution in [0.4, 0.5) is 5.00 Å². The highest BCUT2D eigenvalue weighted by Crippen LogP contribution is 2.45. The van der Waals surface area contributed by atoms with Crippen molar-refractivity contribution in [3.63, 3.8) is 0 Å². The molecule has 1 atom stereocenters. The first-order chi connectivity index (χ1) is 9.76. The number of primary amides is 1. The summed E-state index contributed by atoms with van der Waals surface area (Å²) < 4.78 is 0. The molecule has 4 nitrogen and oxygen atoms in total. The molecule has 0 aromatic carbocycles. The van der Waals surface area contributed by atoms with E-state index in [0.29, 0.717) is 21.9 Å². The zero-order valence-corrected chi connectivity index (χ0v) is 14.0. The van der Waals surface area contributed by atoms with E-state index in [1.807, 2.05) is 0 Å². The molecule has 2 rings (SSSR count). The highest BCUT2D eigenvalue weighted by Gasteiger charge is 2.34. The highest BCUT2D eigenvalue weighted by molar-refractivity contribution is 7.17. The summed E-state index contributed by atoms with van der Waals surface area (Å²) >= 11 is 1.52. The number of hydrogen-bond donors (Lipinski definition) is 2. The van der Waals surface area contributed by atoms with Crippen molar-refractivity contribution in [2.75, 3.05) is 5.32 Å². The van der Waals surface area contributed by atoms with Crippen molar-refractivity contribution in [3.8, 4) is 0 Å². The second-order valence-electron chi connectivity index (χ2n) is 6.54. The van der Waals surface area contributed by atoms with E-state index < -0.39 is 5.91 Å². The second-order valence-corrected chi connectivity index (χ2v) is 7.64. The lowest BCUT2D eigenvalue weighted by Gasteiger charge is -2.36. The quantitative estimate of drug-likeness (QED) is 0.895. The van der Waals surface area contributed by atoms with E-state index in [-0.39, 0.29) is 5.91 Å². The average Bonchev–Trinajstić information content (AvgIpc) is 2.74. The molecule has 0 saturated heterocycles. The van der Waals surface area contributed by atoms with Crippen LogP contribution in [0.15, 0.2) is 0 Å². The summed E-state index contributed by atoms with van der Waals surface area (Å²) in [6, 6.07) is 0. The number of rotatable bonds is 4. The molecule has 0 radical (unpaired) electrons. The summed E-state index contributed by atoms with van der Waals surface area (Å²) in [5, 5.41) is 3.38. The molecule has 5 heteroatoms. The van der Waals surface area contributed by atoms with Crippen LogP contribution in [0.25, 0.3) is 0 Å². The van der Waals surface area contributed by atoms with Gasteiger partial charge in [-0.3, -0.25) is 9.59 Å². The first-order valence-electron chi connectivity index (χ1n) is 7.48. The van der Waals surface area contributed by atoms with E-state index >= 15 is 0 Å². The molecule has 2 amide bonds. The van der Waals surface area contributed by atoms with Gasteiger partial charge in [-0.15, -0.1) is 11.3 Å². The number of thiophene rings is 1. The Labute approximate surface area is 130 Å². The van der Waals surface area contributed by atoms with Crippen molar-refractivity contribution in [2.45, 2.75) is 53.4 Å². The molecule has 1 aromatic heterocycles. The fourth-order valence-corrected chi connectivity index (χ4v) is 4.43. The van der Waals surface area contributed by atoms with Crippen molar-refractivity contribution in [2.24, 2.45) is 17.1 Å². The Morgan fingerprint density at radius 3 is 2.62 bits per heavy atom. The third-order valence-electron chi connectivity index (χ3n) is 4.82. The topological polar surface area (TPSA) is 72.2 Å². The molecule has 3 N–H and O–H groups in total. The zero-order chi connectivity index (χ0) is 15.8. The second kappa shape index (κ2) is 5.79. The Morgan fingerprint density at radius 1 is 1.43 bits per heavy atom. The standard InChI is InChI=1S/C16H24N2O2S/c1-5-16(3,4)10-6-7-11-12(8-10)21-15(18-9(2)19)13(11)14(17)20/h10H,5-8H2,1-4H3,(H2,17,20)(H,18,19)/t10-/m0/s1. The van der Waals surface area contributed by atoms with Crippen molar-refractivity contribution < 1.29 is 9.59 Å². The number of hydrogen-bond acceptors (Lipinski definition) is 3. The van der Waals surface area contributed by atoms with E-state index in [2.05, 4.69) is 26.1 Å². The molecule has 1 aliphatic rings. The number of nitrogens with two attached hydrogens (primary N) is 1. The molecule has 1 aromatic rings. The van der Waals surface area contributed by atoms with E-state index in [1.54, 1.807) is 0 Å².